The second-order valence-electron chi connectivity index (χ2n) is 4.42. The Morgan fingerprint density at radius 2 is 1.89 bits per heavy atom. The maximum atomic E-state index is 12.1. The molecule has 98 valence electrons. The van der Waals surface area contributed by atoms with Crippen molar-refractivity contribution in [3.05, 3.63) is 29.3 Å². The summed E-state index contributed by atoms with van der Waals surface area (Å²) in [4.78, 5) is 13.9. The van der Waals surface area contributed by atoms with Crippen molar-refractivity contribution in [3.8, 4) is 0 Å². The molecule has 1 saturated heterocycles. The summed E-state index contributed by atoms with van der Waals surface area (Å²) in [5.74, 6) is -0.130. The number of amides is 1. The van der Waals surface area contributed by atoms with Crippen LogP contribution in [0, 0.1) is 6.92 Å². The van der Waals surface area contributed by atoms with E-state index in [0.717, 1.165) is 25.9 Å². The lowest BCUT2D eigenvalue weighted by atomic mass is 10.1. The van der Waals surface area contributed by atoms with Gasteiger partial charge in [0.25, 0.3) is 15.0 Å². The molecular formula is C12H14ClNO3S. The van der Waals surface area contributed by atoms with E-state index in [2.05, 4.69) is 0 Å². The molecule has 0 aromatic heterocycles. The molecule has 1 aliphatic heterocycles. The number of carbonyl (C=O) groups excluding carboxylic acids is 1. The molecule has 0 spiro atoms. The van der Waals surface area contributed by atoms with Crippen LogP contribution in [0.3, 0.4) is 0 Å². The van der Waals surface area contributed by atoms with Crippen LogP contribution in [-0.2, 0) is 9.05 Å². The number of hydrogen-bond acceptors (Lipinski definition) is 3. The number of carbonyl (C=O) groups is 1. The van der Waals surface area contributed by atoms with E-state index < -0.39 is 9.05 Å². The first kappa shape index (κ1) is 13.4. The third-order valence-corrected chi connectivity index (χ3v) is 4.55. The molecule has 0 bridgehead atoms. The summed E-state index contributed by atoms with van der Waals surface area (Å²) < 4.78 is 22.8. The maximum absolute atomic E-state index is 12.1. The van der Waals surface area contributed by atoms with Gasteiger partial charge in [0, 0.05) is 29.3 Å². The third kappa shape index (κ3) is 2.67. The molecule has 0 radical (unpaired) electrons. The summed E-state index contributed by atoms with van der Waals surface area (Å²) in [5, 5.41) is 0. The lowest BCUT2D eigenvalue weighted by molar-refractivity contribution is 0.0792. The molecule has 6 heteroatoms. The number of halogens is 1. The number of rotatable bonds is 2. The van der Waals surface area contributed by atoms with Gasteiger partial charge in [-0.3, -0.25) is 4.79 Å². The van der Waals surface area contributed by atoms with E-state index >= 15 is 0 Å². The predicted octanol–water partition coefficient (Wildman–Crippen LogP) is 2.16. The van der Waals surface area contributed by atoms with E-state index in [9.17, 15) is 13.2 Å². The molecule has 1 amide bonds. The summed E-state index contributed by atoms with van der Waals surface area (Å²) in [6, 6.07) is 4.61. The second-order valence-corrected chi connectivity index (χ2v) is 6.95. The number of benzene rings is 1. The van der Waals surface area contributed by atoms with Crippen LogP contribution in [0.4, 0.5) is 0 Å². The fourth-order valence-corrected chi connectivity index (χ4v) is 3.32. The number of likely N-dealkylation sites (tertiary alicyclic amines) is 1. The summed E-state index contributed by atoms with van der Waals surface area (Å²) in [7, 11) is 1.54. The van der Waals surface area contributed by atoms with E-state index in [4.69, 9.17) is 10.7 Å². The average Bonchev–Trinajstić information content (AvgIpc) is 2.80. The van der Waals surface area contributed by atoms with Crippen LogP contribution < -0.4 is 0 Å². The first-order valence-electron chi connectivity index (χ1n) is 5.74. The summed E-state index contributed by atoms with van der Waals surface area (Å²) in [5.41, 5.74) is 0.921. The lowest BCUT2D eigenvalue weighted by Gasteiger charge is -2.15. The second kappa shape index (κ2) is 4.90. The van der Waals surface area contributed by atoms with Gasteiger partial charge in [0.05, 0.1) is 4.90 Å². The van der Waals surface area contributed by atoms with Crippen molar-refractivity contribution >= 4 is 25.6 Å². The average molecular weight is 288 g/mol. The zero-order valence-corrected chi connectivity index (χ0v) is 11.6. The Balaban J connectivity index is 2.38. The molecule has 4 nitrogen and oxygen atoms in total. The molecule has 1 aromatic rings. The predicted molar refractivity (Wildman–Crippen MR) is 69.4 cm³/mol. The SMILES string of the molecule is Cc1ccc(C(=O)N2CCCC2)cc1S(=O)(=O)Cl. The molecule has 0 saturated carbocycles. The zero-order chi connectivity index (χ0) is 13.3. The first-order chi connectivity index (χ1) is 8.39. The highest BCUT2D eigenvalue weighted by Gasteiger charge is 2.22. The molecule has 18 heavy (non-hydrogen) atoms. The Bertz CT molecular complexity index is 577. The minimum Gasteiger partial charge on any atom is -0.339 e. The Kier molecular flexibility index (Phi) is 3.64. The standard InChI is InChI=1S/C12H14ClNO3S/c1-9-4-5-10(8-11(9)18(13,16)17)12(15)14-6-2-3-7-14/h4-5,8H,2-3,6-7H2,1H3. The molecule has 1 aromatic carbocycles. The van der Waals surface area contributed by atoms with Crippen molar-refractivity contribution in [2.24, 2.45) is 0 Å². The molecule has 0 atom stereocenters. The molecule has 2 rings (SSSR count). The zero-order valence-electron chi connectivity index (χ0n) is 10.0. The molecule has 1 aliphatic rings. The third-order valence-electron chi connectivity index (χ3n) is 3.09. The number of nitrogens with zero attached hydrogens (tertiary/aromatic N) is 1. The lowest BCUT2D eigenvalue weighted by Crippen LogP contribution is -2.27. The summed E-state index contributed by atoms with van der Waals surface area (Å²) in [6.45, 7) is 3.12. The van der Waals surface area contributed by atoms with Gasteiger partial charge in [-0.2, -0.15) is 0 Å². The van der Waals surface area contributed by atoms with Gasteiger partial charge in [0.1, 0.15) is 0 Å². The fourth-order valence-electron chi connectivity index (χ4n) is 2.10. The quantitative estimate of drug-likeness (QED) is 0.783. The fraction of sp³-hybridized carbons (Fsp3) is 0.417. The monoisotopic (exact) mass is 287 g/mol. The number of hydrogen-bond donors (Lipinski definition) is 0. The van der Waals surface area contributed by atoms with Gasteiger partial charge in [-0.15, -0.1) is 0 Å². The molecule has 1 heterocycles. The smallest absolute Gasteiger partial charge is 0.261 e. The van der Waals surface area contributed by atoms with Crippen LogP contribution in [0.1, 0.15) is 28.8 Å². The van der Waals surface area contributed by atoms with E-state index in [1.54, 1.807) is 24.0 Å². The molecule has 0 unspecified atom stereocenters. The van der Waals surface area contributed by atoms with Crippen LogP contribution in [0.2, 0.25) is 0 Å². The van der Waals surface area contributed by atoms with Crippen molar-refractivity contribution in [1.29, 1.82) is 0 Å². The highest BCUT2D eigenvalue weighted by Crippen LogP contribution is 2.22. The van der Waals surface area contributed by atoms with Crippen LogP contribution in [0.25, 0.3) is 0 Å². The van der Waals surface area contributed by atoms with Gasteiger partial charge in [0.2, 0.25) is 0 Å². The van der Waals surface area contributed by atoms with Gasteiger partial charge < -0.3 is 4.90 Å². The highest BCUT2D eigenvalue weighted by molar-refractivity contribution is 8.13. The van der Waals surface area contributed by atoms with Crippen molar-refractivity contribution in [2.45, 2.75) is 24.7 Å². The van der Waals surface area contributed by atoms with Crippen molar-refractivity contribution in [2.75, 3.05) is 13.1 Å². The maximum Gasteiger partial charge on any atom is 0.261 e. The van der Waals surface area contributed by atoms with Crippen molar-refractivity contribution in [3.63, 3.8) is 0 Å². The Labute approximate surface area is 111 Å². The molecular weight excluding hydrogens is 274 g/mol. The van der Waals surface area contributed by atoms with E-state index in [-0.39, 0.29) is 10.8 Å². The Morgan fingerprint density at radius 1 is 1.28 bits per heavy atom. The highest BCUT2D eigenvalue weighted by atomic mass is 35.7. The van der Waals surface area contributed by atoms with Gasteiger partial charge in [-0.05, 0) is 37.5 Å². The van der Waals surface area contributed by atoms with E-state index in [1.165, 1.54) is 6.07 Å². The topological polar surface area (TPSA) is 54.5 Å². The van der Waals surface area contributed by atoms with E-state index in [0.29, 0.717) is 11.1 Å². The van der Waals surface area contributed by atoms with Crippen LogP contribution in [0.15, 0.2) is 23.1 Å². The summed E-state index contributed by atoms with van der Waals surface area (Å²) >= 11 is 0. The van der Waals surface area contributed by atoms with E-state index in [1.807, 2.05) is 0 Å². The first-order valence-corrected chi connectivity index (χ1v) is 8.05. The number of aryl methyl sites for hydroxylation is 1. The Morgan fingerprint density at radius 3 is 2.44 bits per heavy atom. The minimum atomic E-state index is -3.81. The van der Waals surface area contributed by atoms with Gasteiger partial charge in [-0.1, -0.05) is 6.07 Å². The van der Waals surface area contributed by atoms with Crippen LogP contribution >= 0.6 is 10.7 Å². The van der Waals surface area contributed by atoms with Crippen LogP contribution in [0.5, 0.6) is 0 Å². The minimum absolute atomic E-state index is 0.00853. The van der Waals surface area contributed by atoms with Crippen molar-refractivity contribution < 1.29 is 13.2 Å². The van der Waals surface area contributed by atoms with Gasteiger partial charge in [-0.25, -0.2) is 8.42 Å². The van der Waals surface area contributed by atoms with Crippen molar-refractivity contribution in [1.82, 2.24) is 4.90 Å². The largest absolute Gasteiger partial charge is 0.339 e. The summed E-state index contributed by atoms with van der Waals surface area (Å²) in [6.07, 6.45) is 2.00. The van der Waals surface area contributed by atoms with Gasteiger partial charge in [0.15, 0.2) is 0 Å². The molecule has 1 fully saturated rings. The Hall–Kier alpha value is -1.07. The van der Waals surface area contributed by atoms with Crippen LogP contribution in [-0.4, -0.2) is 32.3 Å². The normalized spacial score (nSPS) is 16.0. The van der Waals surface area contributed by atoms with Gasteiger partial charge >= 0.3 is 0 Å². The molecule has 0 N–H and O–H groups in total. The molecule has 0 aliphatic carbocycles.